The maximum absolute atomic E-state index is 10.8. The number of hydrogen-bond acceptors (Lipinski definition) is 12. The summed E-state index contributed by atoms with van der Waals surface area (Å²) < 4.78 is 27.0. The summed E-state index contributed by atoms with van der Waals surface area (Å²) in [5.41, 5.74) is 0. The van der Waals surface area contributed by atoms with Gasteiger partial charge in [-0.3, -0.25) is 28.8 Å². The second-order valence-electron chi connectivity index (χ2n) is 9.91. The Labute approximate surface area is 264 Å². The Bertz CT molecular complexity index is 646. The number of unbranched alkanes of at least 4 members (excludes halogenated alkanes) is 11. The van der Waals surface area contributed by atoms with Crippen molar-refractivity contribution in [2.75, 3.05) is 42.7 Å². The fraction of sp³-hybridized carbons (Fsp3) is 0.812. The van der Waals surface area contributed by atoms with Crippen LogP contribution in [0.3, 0.4) is 0 Å². The number of methoxy groups -OCH3 is 6. The summed E-state index contributed by atoms with van der Waals surface area (Å²) in [4.78, 5) is 64.3. The van der Waals surface area contributed by atoms with Crippen molar-refractivity contribution in [2.45, 2.75) is 128 Å². The van der Waals surface area contributed by atoms with Gasteiger partial charge in [-0.1, -0.05) is 51.4 Å². The van der Waals surface area contributed by atoms with E-state index in [0.29, 0.717) is 51.4 Å². The number of hydrogen-bond donors (Lipinski definition) is 0. The fourth-order valence-electron chi connectivity index (χ4n) is 3.64. The molecular weight excluding hydrogens is 576 g/mol. The second kappa shape index (κ2) is 36.0. The first-order chi connectivity index (χ1) is 21.1. The smallest absolute Gasteiger partial charge is 0.305 e. The molecule has 0 bridgehead atoms. The first kappa shape index (κ1) is 45.3. The highest BCUT2D eigenvalue weighted by molar-refractivity contribution is 5.71. The van der Waals surface area contributed by atoms with Crippen LogP contribution in [0.4, 0.5) is 0 Å². The SMILES string of the molecule is COC(=O)CCCCC(=O)OC.COC(=O)CCCCCCCCC(=O)OC.COC(=O)CCCCCCCCC(=O)OC. The summed E-state index contributed by atoms with van der Waals surface area (Å²) in [6.45, 7) is 0. The van der Waals surface area contributed by atoms with E-state index in [-0.39, 0.29) is 35.8 Å². The van der Waals surface area contributed by atoms with Crippen LogP contribution < -0.4 is 0 Å². The van der Waals surface area contributed by atoms with E-state index >= 15 is 0 Å². The molecule has 0 fully saturated rings. The molecule has 0 radical (unpaired) electrons. The molecule has 0 aliphatic rings. The van der Waals surface area contributed by atoms with Gasteiger partial charge in [-0.05, 0) is 38.5 Å². The van der Waals surface area contributed by atoms with Crippen molar-refractivity contribution in [3.8, 4) is 0 Å². The Balaban J connectivity index is -0.000000580. The Kier molecular flexibility index (Phi) is 37.0. The van der Waals surface area contributed by atoms with E-state index in [1.807, 2.05) is 0 Å². The zero-order chi connectivity index (χ0) is 33.8. The first-order valence-electron chi connectivity index (χ1n) is 15.5. The molecule has 12 heteroatoms. The molecule has 258 valence electrons. The van der Waals surface area contributed by atoms with Gasteiger partial charge < -0.3 is 28.4 Å². The van der Waals surface area contributed by atoms with E-state index in [9.17, 15) is 28.8 Å². The number of carbonyl (C=O) groups is 6. The van der Waals surface area contributed by atoms with E-state index in [4.69, 9.17) is 0 Å². The summed E-state index contributed by atoms with van der Waals surface area (Å²) in [5, 5.41) is 0. The fourth-order valence-corrected chi connectivity index (χ4v) is 3.64. The molecule has 0 heterocycles. The lowest BCUT2D eigenvalue weighted by Crippen LogP contribution is -2.02. The Morgan fingerprint density at radius 3 is 0.500 bits per heavy atom. The molecule has 0 saturated heterocycles. The van der Waals surface area contributed by atoms with E-state index in [1.54, 1.807) is 0 Å². The van der Waals surface area contributed by atoms with Crippen molar-refractivity contribution in [3.63, 3.8) is 0 Å². The molecule has 0 aromatic rings. The molecule has 0 aromatic carbocycles. The van der Waals surface area contributed by atoms with Crippen LogP contribution in [-0.2, 0) is 57.2 Å². The van der Waals surface area contributed by atoms with Gasteiger partial charge in [0.15, 0.2) is 0 Å². The summed E-state index contributed by atoms with van der Waals surface area (Å²) >= 11 is 0. The lowest BCUT2D eigenvalue weighted by Gasteiger charge is -2.01. The van der Waals surface area contributed by atoms with Gasteiger partial charge in [0.05, 0.1) is 42.7 Å². The molecular formula is C32H58O12. The van der Waals surface area contributed by atoms with Gasteiger partial charge in [-0.15, -0.1) is 0 Å². The van der Waals surface area contributed by atoms with Gasteiger partial charge in [0.2, 0.25) is 0 Å². The molecule has 0 N–H and O–H groups in total. The Morgan fingerprint density at radius 2 is 0.364 bits per heavy atom. The zero-order valence-electron chi connectivity index (χ0n) is 28.0. The topological polar surface area (TPSA) is 158 Å². The largest absolute Gasteiger partial charge is 0.469 e. The van der Waals surface area contributed by atoms with Crippen molar-refractivity contribution >= 4 is 35.8 Å². The van der Waals surface area contributed by atoms with Crippen molar-refractivity contribution < 1.29 is 57.2 Å². The van der Waals surface area contributed by atoms with Gasteiger partial charge in [0, 0.05) is 38.5 Å². The Hall–Kier alpha value is -3.18. The van der Waals surface area contributed by atoms with Crippen LogP contribution in [0.1, 0.15) is 128 Å². The maximum Gasteiger partial charge on any atom is 0.305 e. The van der Waals surface area contributed by atoms with Crippen LogP contribution in [0.25, 0.3) is 0 Å². The molecule has 0 aliphatic carbocycles. The second-order valence-corrected chi connectivity index (χ2v) is 9.91. The zero-order valence-corrected chi connectivity index (χ0v) is 28.0. The molecule has 0 aromatic heterocycles. The van der Waals surface area contributed by atoms with Gasteiger partial charge in [-0.2, -0.15) is 0 Å². The minimum absolute atomic E-state index is 0.134. The summed E-state index contributed by atoms with van der Waals surface area (Å²) in [6, 6.07) is 0. The normalized spacial score (nSPS) is 9.68. The minimum Gasteiger partial charge on any atom is -0.469 e. The van der Waals surface area contributed by atoms with Crippen LogP contribution in [0.2, 0.25) is 0 Å². The average molecular weight is 635 g/mol. The average Bonchev–Trinajstić information content (AvgIpc) is 3.04. The molecule has 0 saturated carbocycles. The molecule has 44 heavy (non-hydrogen) atoms. The van der Waals surface area contributed by atoms with E-state index < -0.39 is 0 Å². The highest BCUT2D eigenvalue weighted by atomic mass is 16.5. The molecule has 0 amide bonds. The third-order valence-corrected chi connectivity index (χ3v) is 6.40. The van der Waals surface area contributed by atoms with Gasteiger partial charge in [-0.25, -0.2) is 0 Å². The van der Waals surface area contributed by atoms with Gasteiger partial charge >= 0.3 is 35.8 Å². The molecule has 0 aliphatic heterocycles. The maximum atomic E-state index is 10.8. The highest BCUT2D eigenvalue weighted by Gasteiger charge is 2.04. The molecule has 0 rings (SSSR count). The number of carbonyl (C=O) groups excluding carboxylic acids is 6. The minimum atomic E-state index is -0.236. The summed E-state index contributed by atoms with van der Waals surface area (Å²) in [7, 11) is 8.35. The van der Waals surface area contributed by atoms with Gasteiger partial charge in [0.1, 0.15) is 0 Å². The standard InChI is InChI=1S/2C12H22O4.C8H14O4/c2*1-15-11(13)9-7-5-3-4-6-8-10-12(14)16-2;1-11-7(9)5-3-4-6-8(10)12-2/h2*3-10H2,1-2H3;3-6H2,1-2H3. The van der Waals surface area contributed by atoms with Crippen LogP contribution >= 0.6 is 0 Å². The van der Waals surface area contributed by atoms with E-state index in [0.717, 1.165) is 77.0 Å². The van der Waals surface area contributed by atoms with Crippen LogP contribution in [0.5, 0.6) is 0 Å². The van der Waals surface area contributed by atoms with Crippen LogP contribution in [0, 0.1) is 0 Å². The van der Waals surface area contributed by atoms with Gasteiger partial charge in [0.25, 0.3) is 0 Å². The quantitative estimate of drug-likeness (QED) is 0.0757. The molecule has 12 nitrogen and oxygen atoms in total. The van der Waals surface area contributed by atoms with Crippen molar-refractivity contribution in [1.82, 2.24) is 0 Å². The predicted molar refractivity (Wildman–Crippen MR) is 164 cm³/mol. The molecule has 0 unspecified atom stereocenters. The number of rotatable bonds is 23. The monoisotopic (exact) mass is 634 g/mol. The highest BCUT2D eigenvalue weighted by Crippen LogP contribution is 2.10. The van der Waals surface area contributed by atoms with Crippen LogP contribution in [-0.4, -0.2) is 78.5 Å². The van der Waals surface area contributed by atoms with E-state index in [2.05, 4.69) is 28.4 Å². The van der Waals surface area contributed by atoms with Crippen molar-refractivity contribution in [3.05, 3.63) is 0 Å². The summed E-state index contributed by atoms with van der Waals surface area (Å²) in [6.07, 6.45) is 16.3. The third-order valence-electron chi connectivity index (χ3n) is 6.40. The molecule has 0 spiro atoms. The molecule has 0 atom stereocenters. The lowest BCUT2D eigenvalue weighted by atomic mass is 10.1. The summed E-state index contributed by atoms with van der Waals surface area (Å²) in [5.74, 6) is -1.01. The number of esters is 6. The van der Waals surface area contributed by atoms with Crippen LogP contribution in [0.15, 0.2) is 0 Å². The van der Waals surface area contributed by atoms with Crippen molar-refractivity contribution in [1.29, 1.82) is 0 Å². The third kappa shape index (κ3) is 38.8. The predicted octanol–water partition coefficient (Wildman–Crippen LogP) is 5.80. The van der Waals surface area contributed by atoms with E-state index in [1.165, 1.54) is 42.7 Å². The first-order valence-corrected chi connectivity index (χ1v) is 15.5. The lowest BCUT2D eigenvalue weighted by molar-refractivity contribution is -0.142. The van der Waals surface area contributed by atoms with Crippen molar-refractivity contribution in [2.24, 2.45) is 0 Å². The number of ether oxygens (including phenoxy) is 6. The Morgan fingerprint density at radius 1 is 0.250 bits per heavy atom.